The fourth-order valence-corrected chi connectivity index (χ4v) is 1.96. The minimum atomic E-state index is -0.549. The number of likely N-dealkylation sites (N-methyl/N-ethyl adjacent to an activating group) is 1. The molecule has 0 unspecified atom stereocenters. The molecule has 0 N–H and O–H groups in total. The highest BCUT2D eigenvalue weighted by Crippen LogP contribution is 2.12. The molecule has 1 fully saturated rings. The summed E-state index contributed by atoms with van der Waals surface area (Å²) in [6, 6.07) is 5.84. The molecule has 0 spiro atoms. The summed E-state index contributed by atoms with van der Waals surface area (Å²) >= 11 is 0. The van der Waals surface area contributed by atoms with E-state index < -0.39 is 11.7 Å². The molecule has 4 nitrogen and oxygen atoms in total. The zero-order valence-electron chi connectivity index (χ0n) is 10.2. The van der Waals surface area contributed by atoms with Gasteiger partial charge in [0, 0.05) is 20.1 Å². The highest BCUT2D eigenvalue weighted by Gasteiger charge is 2.25. The average Bonchev–Trinajstić information content (AvgIpc) is 2.52. The molecule has 0 aromatic heterocycles. The zero-order valence-corrected chi connectivity index (χ0v) is 10.2. The predicted molar refractivity (Wildman–Crippen MR) is 64.6 cm³/mol. The van der Waals surface area contributed by atoms with Crippen LogP contribution in [0.2, 0.25) is 0 Å². The number of amides is 2. The Labute approximate surface area is 105 Å². The number of hydrogen-bond acceptors (Lipinski definition) is 2. The molecular weight excluding hydrogens is 235 g/mol. The van der Waals surface area contributed by atoms with Crippen LogP contribution in [-0.4, -0.2) is 48.3 Å². The van der Waals surface area contributed by atoms with E-state index in [9.17, 15) is 14.0 Å². The SMILES string of the molecule is CN1CCCN(C(=O)c2ccccc2F)CC1=O. The summed E-state index contributed by atoms with van der Waals surface area (Å²) < 4.78 is 13.5. The van der Waals surface area contributed by atoms with Crippen molar-refractivity contribution in [3.63, 3.8) is 0 Å². The maximum absolute atomic E-state index is 13.5. The predicted octanol–water partition coefficient (Wildman–Crippen LogP) is 1.13. The quantitative estimate of drug-likeness (QED) is 0.749. The lowest BCUT2D eigenvalue weighted by molar-refractivity contribution is -0.129. The van der Waals surface area contributed by atoms with Gasteiger partial charge in [-0.3, -0.25) is 9.59 Å². The van der Waals surface area contributed by atoms with Gasteiger partial charge in [0.2, 0.25) is 5.91 Å². The van der Waals surface area contributed by atoms with Gasteiger partial charge in [-0.25, -0.2) is 4.39 Å². The molecule has 1 aromatic rings. The first-order valence-electron chi connectivity index (χ1n) is 5.87. The van der Waals surface area contributed by atoms with E-state index in [4.69, 9.17) is 0 Å². The molecular formula is C13H15FN2O2. The number of benzene rings is 1. The topological polar surface area (TPSA) is 40.6 Å². The van der Waals surface area contributed by atoms with E-state index in [0.717, 1.165) is 0 Å². The van der Waals surface area contributed by atoms with Crippen molar-refractivity contribution in [1.82, 2.24) is 9.80 Å². The van der Waals surface area contributed by atoms with Crippen molar-refractivity contribution in [1.29, 1.82) is 0 Å². The molecule has 1 aromatic carbocycles. The summed E-state index contributed by atoms with van der Waals surface area (Å²) in [5.41, 5.74) is 0.0230. The Kier molecular flexibility index (Phi) is 3.60. The Hall–Kier alpha value is -1.91. The van der Waals surface area contributed by atoms with Crippen LogP contribution in [-0.2, 0) is 4.79 Å². The van der Waals surface area contributed by atoms with Crippen LogP contribution in [0, 0.1) is 5.82 Å². The molecule has 18 heavy (non-hydrogen) atoms. The summed E-state index contributed by atoms with van der Waals surface area (Å²) in [5, 5.41) is 0. The van der Waals surface area contributed by atoms with Gasteiger partial charge in [-0.15, -0.1) is 0 Å². The smallest absolute Gasteiger partial charge is 0.257 e. The second kappa shape index (κ2) is 5.16. The van der Waals surface area contributed by atoms with Crippen molar-refractivity contribution < 1.29 is 14.0 Å². The number of halogens is 1. The van der Waals surface area contributed by atoms with Gasteiger partial charge in [-0.2, -0.15) is 0 Å². The third-order valence-corrected chi connectivity index (χ3v) is 3.06. The summed E-state index contributed by atoms with van der Waals surface area (Å²) in [6.07, 6.45) is 0.711. The van der Waals surface area contributed by atoms with Gasteiger partial charge in [-0.05, 0) is 18.6 Å². The Bertz CT molecular complexity index is 476. The molecule has 2 amide bonds. The summed E-state index contributed by atoms with van der Waals surface area (Å²) in [4.78, 5) is 26.8. The van der Waals surface area contributed by atoms with Crippen LogP contribution in [0.3, 0.4) is 0 Å². The van der Waals surface area contributed by atoms with Crippen molar-refractivity contribution in [3.8, 4) is 0 Å². The minimum absolute atomic E-state index is 0.0175. The average molecular weight is 250 g/mol. The van der Waals surface area contributed by atoms with Gasteiger partial charge in [0.05, 0.1) is 5.56 Å². The molecule has 0 atom stereocenters. The van der Waals surface area contributed by atoms with E-state index in [1.165, 1.54) is 23.1 Å². The number of rotatable bonds is 1. The van der Waals surface area contributed by atoms with Crippen LogP contribution in [0.15, 0.2) is 24.3 Å². The fraction of sp³-hybridized carbons (Fsp3) is 0.385. The van der Waals surface area contributed by atoms with Crippen molar-refractivity contribution >= 4 is 11.8 Å². The number of carbonyl (C=O) groups is 2. The third-order valence-electron chi connectivity index (χ3n) is 3.06. The maximum atomic E-state index is 13.5. The lowest BCUT2D eigenvalue weighted by Crippen LogP contribution is -2.38. The zero-order chi connectivity index (χ0) is 13.1. The Morgan fingerprint density at radius 1 is 1.28 bits per heavy atom. The second-order valence-corrected chi connectivity index (χ2v) is 4.38. The van der Waals surface area contributed by atoms with Gasteiger partial charge in [0.1, 0.15) is 12.4 Å². The first-order valence-corrected chi connectivity index (χ1v) is 5.87. The molecule has 1 aliphatic heterocycles. The Balaban J connectivity index is 2.19. The minimum Gasteiger partial charge on any atom is -0.344 e. The van der Waals surface area contributed by atoms with E-state index >= 15 is 0 Å². The first-order chi connectivity index (χ1) is 8.59. The van der Waals surface area contributed by atoms with Gasteiger partial charge >= 0.3 is 0 Å². The largest absolute Gasteiger partial charge is 0.344 e. The molecule has 1 saturated heterocycles. The number of carbonyl (C=O) groups excluding carboxylic acids is 2. The van der Waals surface area contributed by atoms with E-state index in [-0.39, 0.29) is 18.0 Å². The van der Waals surface area contributed by atoms with Crippen LogP contribution in [0.25, 0.3) is 0 Å². The normalized spacial score (nSPS) is 16.7. The summed E-state index contributed by atoms with van der Waals surface area (Å²) in [5.74, 6) is -1.08. The lowest BCUT2D eigenvalue weighted by atomic mass is 10.2. The Morgan fingerprint density at radius 2 is 2.00 bits per heavy atom. The highest BCUT2D eigenvalue weighted by atomic mass is 19.1. The van der Waals surface area contributed by atoms with E-state index in [2.05, 4.69) is 0 Å². The number of nitrogens with zero attached hydrogens (tertiary/aromatic N) is 2. The molecule has 96 valence electrons. The van der Waals surface area contributed by atoms with E-state index in [1.807, 2.05) is 0 Å². The third kappa shape index (κ3) is 2.50. The van der Waals surface area contributed by atoms with Crippen molar-refractivity contribution in [2.24, 2.45) is 0 Å². The molecule has 1 aliphatic rings. The van der Waals surface area contributed by atoms with Crippen molar-refractivity contribution in [2.75, 3.05) is 26.7 Å². The van der Waals surface area contributed by atoms with Gasteiger partial charge in [0.15, 0.2) is 0 Å². The van der Waals surface area contributed by atoms with E-state index in [0.29, 0.717) is 19.5 Å². The number of hydrogen-bond donors (Lipinski definition) is 0. The Morgan fingerprint density at radius 3 is 2.72 bits per heavy atom. The second-order valence-electron chi connectivity index (χ2n) is 4.38. The van der Waals surface area contributed by atoms with E-state index in [1.54, 1.807) is 18.0 Å². The van der Waals surface area contributed by atoms with Crippen LogP contribution < -0.4 is 0 Å². The van der Waals surface area contributed by atoms with Crippen molar-refractivity contribution in [2.45, 2.75) is 6.42 Å². The monoisotopic (exact) mass is 250 g/mol. The van der Waals surface area contributed by atoms with Gasteiger partial charge < -0.3 is 9.80 Å². The fourth-order valence-electron chi connectivity index (χ4n) is 1.96. The van der Waals surface area contributed by atoms with Gasteiger partial charge in [0.25, 0.3) is 5.91 Å². The molecule has 5 heteroatoms. The molecule has 0 saturated carbocycles. The lowest BCUT2D eigenvalue weighted by Gasteiger charge is -2.20. The standard InChI is InChI=1S/C13H15FN2O2/c1-15-7-4-8-16(9-12(15)17)13(18)10-5-2-3-6-11(10)14/h2-3,5-6H,4,7-9H2,1H3. The molecule has 0 aliphatic carbocycles. The summed E-state index contributed by atoms with van der Waals surface area (Å²) in [6.45, 7) is 1.12. The van der Waals surface area contributed by atoms with Crippen LogP contribution in [0.4, 0.5) is 4.39 Å². The molecule has 0 bridgehead atoms. The van der Waals surface area contributed by atoms with Crippen LogP contribution in [0.5, 0.6) is 0 Å². The van der Waals surface area contributed by atoms with Gasteiger partial charge in [-0.1, -0.05) is 12.1 Å². The highest BCUT2D eigenvalue weighted by molar-refractivity contribution is 5.96. The summed E-state index contributed by atoms with van der Waals surface area (Å²) in [7, 11) is 1.71. The maximum Gasteiger partial charge on any atom is 0.257 e. The van der Waals surface area contributed by atoms with Crippen LogP contribution in [0.1, 0.15) is 16.8 Å². The molecule has 0 radical (unpaired) electrons. The van der Waals surface area contributed by atoms with Crippen molar-refractivity contribution in [3.05, 3.63) is 35.6 Å². The molecule has 2 rings (SSSR count). The molecule has 1 heterocycles. The van der Waals surface area contributed by atoms with Crippen LogP contribution >= 0.6 is 0 Å². The first kappa shape index (κ1) is 12.5.